The Morgan fingerprint density at radius 3 is 2.56 bits per heavy atom. The molecule has 7 heteroatoms. The predicted molar refractivity (Wildman–Crippen MR) is 114 cm³/mol. The number of fused-ring (bicyclic) bond motifs is 1. The molecule has 0 atom stereocenters. The molecule has 1 aliphatic heterocycles. The lowest BCUT2D eigenvalue weighted by Crippen LogP contribution is -1.92. The Hall–Kier alpha value is -1.54. The van der Waals surface area contributed by atoms with Gasteiger partial charge in [0.2, 0.25) is 5.88 Å². The standard InChI is InChI=1S/C18H10Br2N2OS2/c19-11-1-4-13(5-2-11)22-17(23)16(25-18(22)24)7-10-9-21-15-6-3-12(20)8-14(10)15/h1-9,23H. The molecule has 0 fully saturated rings. The number of nitrogens with zero attached hydrogens (tertiary/aromatic N) is 2. The van der Waals surface area contributed by atoms with Crippen molar-refractivity contribution in [2.75, 3.05) is 0 Å². The molecule has 0 amide bonds. The minimum atomic E-state index is 0.140. The quantitative estimate of drug-likeness (QED) is 0.400. The third kappa shape index (κ3) is 3.17. The highest BCUT2D eigenvalue weighted by Crippen LogP contribution is 2.38. The molecule has 124 valence electrons. The first-order chi connectivity index (χ1) is 12.0. The van der Waals surface area contributed by atoms with Crippen molar-refractivity contribution in [1.82, 2.24) is 4.57 Å². The zero-order chi connectivity index (χ0) is 17.6. The molecule has 25 heavy (non-hydrogen) atoms. The van der Waals surface area contributed by atoms with E-state index in [0.29, 0.717) is 8.83 Å². The van der Waals surface area contributed by atoms with E-state index in [1.165, 1.54) is 11.3 Å². The molecular weight excluding hydrogens is 484 g/mol. The van der Waals surface area contributed by atoms with E-state index in [2.05, 4.69) is 36.9 Å². The van der Waals surface area contributed by atoms with Gasteiger partial charge in [-0.05, 0) is 60.8 Å². The first-order valence-corrected chi connectivity index (χ1v) is 10.1. The van der Waals surface area contributed by atoms with Crippen LogP contribution in [0.5, 0.6) is 5.88 Å². The first-order valence-electron chi connectivity index (χ1n) is 7.29. The van der Waals surface area contributed by atoms with E-state index in [-0.39, 0.29) is 5.88 Å². The lowest BCUT2D eigenvalue weighted by molar-refractivity contribution is 0.441. The monoisotopic (exact) mass is 492 g/mol. The highest BCUT2D eigenvalue weighted by atomic mass is 79.9. The number of halogens is 2. The molecule has 4 rings (SSSR count). The molecule has 3 nitrogen and oxygen atoms in total. The summed E-state index contributed by atoms with van der Waals surface area (Å²) in [7, 11) is 0. The number of hydrogen-bond donors (Lipinski definition) is 1. The summed E-state index contributed by atoms with van der Waals surface area (Å²) < 4.78 is 4.24. The van der Waals surface area contributed by atoms with Crippen molar-refractivity contribution in [3.8, 4) is 11.6 Å². The molecule has 0 aliphatic carbocycles. The van der Waals surface area contributed by atoms with E-state index in [0.717, 1.165) is 31.5 Å². The molecule has 0 saturated carbocycles. The maximum absolute atomic E-state index is 10.7. The smallest absolute Gasteiger partial charge is 0.215 e. The Labute approximate surface area is 170 Å². The normalized spacial score (nSPS) is 14.2. The highest BCUT2D eigenvalue weighted by Gasteiger charge is 2.16. The molecule has 3 aromatic rings. The number of benzene rings is 2. The van der Waals surface area contributed by atoms with Gasteiger partial charge in [0.1, 0.15) is 0 Å². The Bertz CT molecular complexity index is 1100. The predicted octanol–water partition coefficient (Wildman–Crippen LogP) is 6.76. The Kier molecular flexibility index (Phi) is 4.49. The van der Waals surface area contributed by atoms with Crippen LogP contribution in [0.3, 0.4) is 0 Å². The summed E-state index contributed by atoms with van der Waals surface area (Å²) in [6.45, 7) is 0. The van der Waals surface area contributed by atoms with Crippen LogP contribution >= 0.6 is 55.4 Å². The fraction of sp³-hybridized carbons (Fsp3) is 0. The van der Waals surface area contributed by atoms with Gasteiger partial charge in [0, 0.05) is 26.3 Å². The summed E-state index contributed by atoms with van der Waals surface area (Å²) in [5.74, 6) is 0.140. The Balaban J connectivity index is 1.81. The van der Waals surface area contributed by atoms with Crippen molar-refractivity contribution < 1.29 is 5.11 Å². The average molecular weight is 494 g/mol. The number of rotatable bonds is 2. The van der Waals surface area contributed by atoms with E-state index >= 15 is 0 Å². The minimum Gasteiger partial charge on any atom is -0.493 e. The molecule has 2 aromatic carbocycles. The molecule has 1 N–H and O–H groups in total. The van der Waals surface area contributed by atoms with E-state index in [9.17, 15) is 5.11 Å². The number of thiazole rings is 1. The minimum absolute atomic E-state index is 0.140. The molecule has 0 radical (unpaired) electrons. The maximum atomic E-state index is 10.7. The number of allylic oxidation sites excluding steroid dienone is 1. The van der Waals surface area contributed by atoms with Crippen LogP contribution in [0.25, 0.3) is 17.3 Å². The topological polar surface area (TPSA) is 37.5 Å². The van der Waals surface area contributed by atoms with Gasteiger partial charge in [-0.25, -0.2) is 0 Å². The molecule has 0 bridgehead atoms. The van der Waals surface area contributed by atoms with Crippen LogP contribution in [0.15, 0.2) is 56.4 Å². The van der Waals surface area contributed by atoms with E-state index in [1.54, 1.807) is 4.57 Å². The van der Waals surface area contributed by atoms with Gasteiger partial charge in [0.25, 0.3) is 0 Å². The second kappa shape index (κ2) is 6.64. The summed E-state index contributed by atoms with van der Waals surface area (Å²) in [5.41, 5.74) is 3.73. The maximum Gasteiger partial charge on any atom is 0.215 e. The number of aromatic nitrogens is 1. The number of hydrogen-bond acceptors (Lipinski definition) is 4. The van der Waals surface area contributed by atoms with Gasteiger partial charge in [0.15, 0.2) is 3.95 Å². The van der Waals surface area contributed by atoms with Crippen molar-refractivity contribution in [1.29, 1.82) is 0 Å². The van der Waals surface area contributed by atoms with Gasteiger partial charge in [-0.2, -0.15) is 0 Å². The third-order valence-electron chi connectivity index (χ3n) is 3.80. The number of aliphatic imine (C=N–C) groups is 1. The summed E-state index contributed by atoms with van der Waals surface area (Å²) in [5, 5.41) is 10.7. The van der Waals surface area contributed by atoms with E-state index in [4.69, 9.17) is 12.2 Å². The van der Waals surface area contributed by atoms with Gasteiger partial charge < -0.3 is 5.11 Å². The summed E-state index contributed by atoms with van der Waals surface area (Å²) in [6.07, 6.45) is 3.73. The SMILES string of the molecule is Oc1c(C=C2C=Nc3ccc(Br)cc32)sc(=S)n1-c1ccc(Br)cc1. The van der Waals surface area contributed by atoms with Crippen LogP contribution in [0.1, 0.15) is 10.4 Å². The van der Waals surface area contributed by atoms with Gasteiger partial charge in [0.05, 0.1) is 16.3 Å². The molecule has 0 saturated heterocycles. The van der Waals surface area contributed by atoms with Crippen molar-refractivity contribution in [3.63, 3.8) is 0 Å². The van der Waals surface area contributed by atoms with Crippen molar-refractivity contribution in [2.45, 2.75) is 0 Å². The van der Waals surface area contributed by atoms with Gasteiger partial charge >= 0.3 is 0 Å². The molecular formula is C18H10Br2N2OS2. The molecule has 2 heterocycles. The van der Waals surface area contributed by atoms with Gasteiger partial charge in [-0.15, -0.1) is 11.3 Å². The summed E-state index contributed by atoms with van der Waals surface area (Å²) in [4.78, 5) is 5.13. The van der Waals surface area contributed by atoms with Crippen LogP contribution in [-0.4, -0.2) is 15.9 Å². The molecule has 0 spiro atoms. The second-order valence-corrected chi connectivity index (χ2v) is 8.89. The van der Waals surface area contributed by atoms with Gasteiger partial charge in [-0.1, -0.05) is 31.9 Å². The molecule has 0 unspecified atom stereocenters. The van der Waals surface area contributed by atoms with Crippen molar-refractivity contribution >= 4 is 79.0 Å². The lowest BCUT2D eigenvalue weighted by Gasteiger charge is -2.05. The fourth-order valence-corrected chi connectivity index (χ4v) is 4.54. The largest absolute Gasteiger partial charge is 0.493 e. The van der Waals surface area contributed by atoms with Crippen molar-refractivity contribution in [2.24, 2.45) is 4.99 Å². The van der Waals surface area contributed by atoms with E-state index < -0.39 is 0 Å². The van der Waals surface area contributed by atoms with Crippen molar-refractivity contribution in [3.05, 3.63) is 65.8 Å². The van der Waals surface area contributed by atoms with E-state index in [1.807, 2.05) is 54.8 Å². The average Bonchev–Trinajstić information content (AvgIpc) is 3.10. The second-order valence-electron chi connectivity index (χ2n) is 5.39. The van der Waals surface area contributed by atoms with Crippen LogP contribution < -0.4 is 0 Å². The third-order valence-corrected chi connectivity index (χ3v) is 6.13. The Morgan fingerprint density at radius 1 is 1.08 bits per heavy atom. The zero-order valence-corrected chi connectivity index (χ0v) is 17.4. The van der Waals surface area contributed by atoms with Crippen LogP contribution in [0.4, 0.5) is 5.69 Å². The molecule has 1 aliphatic rings. The molecule has 1 aromatic heterocycles. The highest BCUT2D eigenvalue weighted by molar-refractivity contribution is 9.10. The van der Waals surface area contributed by atoms with Crippen LogP contribution in [0, 0.1) is 3.95 Å². The summed E-state index contributed by atoms with van der Waals surface area (Å²) in [6, 6.07) is 13.6. The summed E-state index contributed by atoms with van der Waals surface area (Å²) >= 11 is 13.7. The number of aromatic hydroxyl groups is 1. The van der Waals surface area contributed by atoms with Gasteiger partial charge in [-0.3, -0.25) is 9.56 Å². The zero-order valence-electron chi connectivity index (χ0n) is 12.6. The lowest BCUT2D eigenvalue weighted by atomic mass is 10.1. The first kappa shape index (κ1) is 16.9. The van der Waals surface area contributed by atoms with Crippen LogP contribution in [-0.2, 0) is 0 Å². The van der Waals surface area contributed by atoms with Crippen LogP contribution in [0.2, 0.25) is 0 Å². The Morgan fingerprint density at radius 2 is 1.80 bits per heavy atom. The fourth-order valence-electron chi connectivity index (χ4n) is 2.61.